The number of amides is 1. The van der Waals surface area contributed by atoms with Crippen LogP contribution in [-0.2, 0) is 10.9 Å². The molecule has 1 unspecified atom stereocenters. The van der Waals surface area contributed by atoms with Gasteiger partial charge in [-0.1, -0.05) is 12.1 Å². The average molecular weight is 558 g/mol. The van der Waals surface area contributed by atoms with Crippen LogP contribution in [0.3, 0.4) is 0 Å². The summed E-state index contributed by atoms with van der Waals surface area (Å²) in [5, 5.41) is 4.07. The van der Waals surface area contributed by atoms with Crippen molar-refractivity contribution in [1.82, 2.24) is 14.9 Å². The fraction of sp³-hybridized carbons (Fsp3) is 0.483. The van der Waals surface area contributed by atoms with Gasteiger partial charge in [-0.2, -0.15) is 13.2 Å². The maximum absolute atomic E-state index is 13.5. The van der Waals surface area contributed by atoms with Crippen LogP contribution in [0, 0.1) is 13.8 Å². The quantitative estimate of drug-likeness (QED) is 0.407. The van der Waals surface area contributed by atoms with Gasteiger partial charge in [-0.05, 0) is 64.8 Å². The topological polar surface area (TPSA) is 79.8 Å². The van der Waals surface area contributed by atoms with Crippen molar-refractivity contribution in [3.8, 4) is 5.75 Å². The van der Waals surface area contributed by atoms with Crippen molar-refractivity contribution in [2.24, 2.45) is 0 Å². The van der Waals surface area contributed by atoms with E-state index in [9.17, 15) is 18.0 Å². The molecular weight excluding hydrogens is 523 g/mol. The van der Waals surface area contributed by atoms with Crippen LogP contribution in [0.5, 0.6) is 5.75 Å². The number of anilines is 2. The Hall–Kier alpha value is -3.76. The lowest BCUT2D eigenvalue weighted by Gasteiger charge is -2.45. The molecule has 0 aliphatic carbocycles. The number of halogens is 3. The van der Waals surface area contributed by atoms with E-state index in [1.165, 1.54) is 13.0 Å². The number of hydrogen-bond donors (Lipinski definition) is 1. The Balaban J connectivity index is 1.45. The highest BCUT2D eigenvalue weighted by atomic mass is 19.4. The first-order valence-corrected chi connectivity index (χ1v) is 13.3. The molecule has 1 fully saturated rings. The molecule has 1 N–H and O–H groups in total. The van der Waals surface area contributed by atoms with Gasteiger partial charge in [0, 0.05) is 31.1 Å². The van der Waals surface area contributed by atoms with Gasteiger partial charge in [0.05, 0.1) is 28.9 Å². The normalized spacial score (nSPS) is 18.1. The van der Waals surface area contributed by atoms with E-state index in [-0.39, 0.29) is 17.7 Å². The van der Waals surface area contributed by atoms with E-state index in [1.807, 2.05) is 39.8 Å². The SMILES string of the molecule is Cc1nc(N[C@H](C)c2cccc(C(F)(F)F)c2C)c2cc3c(cc2n1)OCC1CN(C(=O)OC(C)(C)C)CCN31. The van der Waals surface area contributed by atoms with Crippen LogP contribution >= 0.6 is 0 Å². The molecule has 2 atom stereocenters. The number of nitrogens with one attached hydrogen (secondary N) is 1. The van der Waals surface area contributed by atoms with Crippen molar-refractivity contribution in [3.05, 3.63) is 52.8 Å². The standard InChI is InChI=1S/C29H34F3N5O3/c1-16-20(8-7-9-22(16)29(30,31)32)17(2)33-26-21-12-24-25(13-23(21)34-18(3)35-26)39-15-19-14-36(10-11-37(19)24)27(38)40-28(4,5)6/h7-9,12-13,17,19H,10-11,14-15H2,1-6H3,(H,33,34,35)/t17-,19?/m1/s1. The summed E-state index contributed by atoms with van der Waals surface area (Å²) < 4.78 is 52.3. The molecule has 2 aromatic carbocycles. The molecule has 3 aromatic rings. The molecule has 214 valence electrons. The molecule has 0 saturated carbocycles. The highest BCUT2D eigenvalue weighted by Gasteiger charge is 2.37. The summed E-state index contributed by atoms with van der Waals surface area (Å²) in [6, 6.07) is 7.56. The third kappa shape index (κ3) is 5.46. The number of benzene rings is 2. The summed E-state index contributed by atoms with van der Waals surface area (Å²) in [6.45, 7) is 12.6. The maximum atomic E-state index is 13.5. The lowest BCUT2D eigenvalue weighted by Crippen LogP contribution is -2.59. The van der Waals surface area contributed by atoms with E-state index in [2.05, 4.69) is 20.2 Å². The van der Waals surface area contributed by atoms with Crippen LogP contribution in [0.2, 0.25) is 0 Å². The van der Waals surface area contributed by atoms with E-state index in [1.54, 1.807) is 17.9 Å². The highest BCUT2D eigenvalue weighted by Crippen LogP contribution is 2.41. The van der Waals surface area contributed by atoms with Crippen molar-refractivity contribution in [2.75, 3.05) is 36.5 Å². The minimum atomic E-state index is -4.43. The highest BCUT2D eigenvalue weighted by molar-refractivity contribution is 5.94. The van der Waals surface area contributed by atoms with Gasteiger partial charge in [-0.25, -0.2) is 14.8 Å². The van der Waals surface area contributed by atoms with Gasteiger partial charge in [0.1, 0.15) is 29.6 Å². The minimum absolute atomic E-state index is 0.0549. The Morgan fingerprint density at radius 2 is 1.90 bits per heavy atom. The lowest BCUT2D eigenvalue weighted by atomic mass is 9.97. The summed E-state index contributed by atoms with van der Waals surface area (Å²) in [6.07, 6.45) is -4.77. The third-order valence-corrected chi connectivity index (χ3v) is 7.26. The number of aryl methyl sites for hydroxylation is 1. The third-order valence-electron chi connectivity index (χ3n) is 7.26. The molecule has 40 heavy (non-hydrogen) atoms. The van der Waals surface area contributed by atoms with Crippen molar-refractivity contribution in [3.63, 3.8) is 0 Å². The summed E-state index contributed by atoms with van der Waals surface area (Å²) in [5.74, 6) is 1.76. The number of hydrogen-bond acceptors (Lipinski definition) is 7. The molecule has 3 heterocycles. The van der Waals surface area contributed by atoms with Crippen LogP contribution in [0.15, 0.2) is 30.3 Å². The Morgan fingerprint density at radius 1 is 1.15 bits per heavy atom. The second-order valence-electron chi connectivity index (χ2n) is 11.4. The fourth-order valence-electron chi connectivity index (χ4n) is 5.42. The predicted molar refractivity (Wildman–Crippen MR) is 147 cm³/mol. The number of rotatable bonds is 3. The first kappa shape index (κ1) is 27.8. The van der Waals surface area contributed by atoms with E-state index in [0.29, 0.717) is 54.7 Å². The Labute approximate surface area is 231 Å². The summed E-state index contributed by atoms with van der Waals surface area (Å²) >= 11 is 0. The monoisotopic (exact) mass is 557 g/mol. The molecule has 1 saturated heterocycles. The number of carbonyl (C=O) groups excluding carboxylic acids is 1. The first-order chi connectivity index (χ1) is 18.7. The zero-order valence-electron chi connectivity index (χ0n) is 23.5. The largest absolute Gasteiger partial charge is 0.489 e. The van der Waals surface area contributed by atoms with Crippen molar-refractivity contribution in [2.45, 2.75) is 65.4 Å². The molecule has 8 nitrogen and oxygen atoms in total. The van der Waals surface area contributed by atoms with Crippen LogP contribution in [0.4, 0.5) is 29.5 Å². The van der Waals surface area contributed by atoms with E-state index < -0.39 is 23.4 Å². The fourth-order valence-corrected chi connectivity index (χ4v) is 5.42. The summed E-state index contributed by atoms with van der Waals surface area (Å²) in [4.78, 5) is 25.8. The van der Waals surface area contributed by atoms with E-state index in [0.717, 1.165) is 17.1 Å². The van der Waals surface area contributed by atoms with Gasteiger partial charge >= 0.3 is 12.3 Å². The van der Waals surface area contributed by atoms with E-state index in [4.69, 9.17) is 9.47 Å². The lowest BCUT2D eigenvalue weighted by molar-refractivity contribution is -0.138. The smallest absolute Gasteiger partial charge is 0.416 e. The number of alkyl halides is 3. The number of aromatic nitrogens is 2. The van der Waals surface area contributed by atoms with E-state index >= 15 is 0 Å². The van der Waals surface area contributed by atoms with Crippen LogP contribution in [0.1, 0.15) is 56.3 Å². The first-order valence-electron chi connectivity index (χ1n) is 13.3. The summed E-state index contributed by atoms with van der Waals surface area (Å²) in [5.41, 5.74) is 1.04. The number of carbonyl (C=O) groups is 1. The molecule has 0 bridgehead atoms. The molecule has 11 heteroatoms. The van der Waals surface area contributed by atoms with Crippen LogP contribution in [0.25, 0.3) is 10.9 Å². The van der Waals surface area contributed by atoms with Crippen LogP contribution < -0.4 is 15.0 Å². The van der Waals surface area contributed by atoms with Crippen LogP contribution in [-0.4, -0.2) is 58.8 Å². The van der Waals surface area contributed by atoms with Gasteiger partial charge in [0.2, 0.25) is 0 Å². The molecule has 0 spiro atoms. The van der Waals surface area contributed by atoms with Crippen molar-refractivity contribution in [1.29, 1.82) is 0 Å². The summed E-state index contributed by atoms with van der Waals surface area (Å²) in [7, 11) is 0. The second-order valence-corrected chi connectivity index (χ2v) is 11.4. The van der Waals surface area contributed by atoms with Crippen molar-refractivity contribution < 1.29 is 27.4 Å². The average Bonchev–Trinajstić information content (AvgIpc) is 2.85. The number of ether oxygens (including phenoxy) is 2. The minimum Gasteiger partial charge on any atom is -0.489 e. The van der Waals surface area contributed by atoms with Gasteiger partial charge in [0.25, 0.3) is 0 Å². The maximum Gasteiger partial charge on any atom is 0.416 e. The Bertz CT molecular complexity index is 1450. The zero-order chi connectivity index (χ0) is 29.0. The second kappa shape index (κ2) is 10.0. The molecule has 0 radical (unpaired) electrons. The van der Waals surface area contributed by atoms with Gasteiger partial charge < -0.3 is 24.6 Å². The Kier molecular flexibility index (Phi) is 6.96. The van der Waals surface area contributed by atoms with Gasteiger partial charge in [-0.3, -0.25) is 0 Å². The zero-order valence-corrected chi connectivity index (χ0v) is 23.5. The molecule has 1 amide bonds. The number of piperazine rings is 1. The molecular formula is C29H34F3N5O3. The predicted octanol–water partition coefficient (Wildman–Crippen LogP) is 6.26. The molecule has 5 rings (SSSR count). The Morgan fingerprint density at radius 3 is 2.60 bits per heavy atom. The van der Waals surface area contributed by atoms with Gasteiger partial charge in [0.15, 0.2) is 0 Å². The molecule has 1 aromatic heterocycles. The molecule has 2 aliphatic heterocycles. The van der Waals surface area contributed by atoms with Gasteiger partial charge in [-0.15, -0.1) is 0 Å². The molecule has 2 aliphatic rings. The number of fused-ring (bicyclic) bond motifs is 4. The van der Waals surface area contributed by atoms with Crippen molar-refractivity contribution >= 4 is 28.5 Å². The number of nitrogens with zero attached hydrogens (tertiary/aromatic N) is 4.